The van der Waals surface area contributed by atoms with Gasteiger partial charge in [-0.15, -0.1) is 10.2 Å². The van der Waals surface area contributed by atoms with E-state index in [0.29, 0.717) is 41.0 Å². The lowest BCUT2D eigenvalue weighted by Crippen LogP contribution is -2.56. The molecule has 0 bridgehead atoms. The second kappa shape index (κ2) is 18.4. The summed E-state index contributed by atoms with van der Waals surface area (Å²) in [5, 5.41) is 44.8. The van der Waals surface area contributed by atoms with Gasteiger partial charge in [0.05, 0.1) is 34.7 Å². The van der Waals surface area contributed by atoms with Gasteiger partial charge in [-0.25, -0.2) is 0 Å². The zero-order chi connectivity index (χ0) is 49.1. The summed E-state index contributed by atoms with van der Waals surface area (Å²) < 4.78 is 3.25. The lowest BCUT2D eigenvalue weighted by molar-refractivity contribution is -0.122. The molecule has 6 aromatic heterocycles. The number of hydrogen-bond donors (Lipinski definition) is 6. The Hall–Kier alpha value is -7.05. The fourth-order valence-electron chi connectivity index (χ4n) is 11.5. The highest BCUT2D eigenvalue weighted by Gasteiger charge is 2.57. The zero-order valence-electron chi connectivity index (χ0n) is 41.0. The van der Waals surface area contributed by atoms with E-state index in [9.17, 15) is 19.2 Å². The van der Waals surface area contributed by atoms with Crippen molar-refractivity contribution in [3.63, 3.8) is 0 Å². The molecule has 0 saturated heterocycles. The van der Waals surface area contributed by atoms with Crippen LogP contribution in [0, 0.1) is 68.1 Å². The molecule has 4 amide bonds. The van der Waals surface area contributed by atoms with Crippen molar-refractivity contribution in [2.45, 2.75) is 118 Å². The quantitative estimate of drug-likeness (QED) is 0.0532. The first-order valence-electron chi connectivity index (χ1n) is 24.7. The molecule has 4 saturated carbocycles. The number of aromatic amines is 2. The Morgan fingerprint density at radius 3 is 1.83 bits per heavy atom. The molecule has 366 valence electrons. The number of aryl methyl sites for hydroxylation is 5. The van der Waals surface area contributed by atoms with Crippen LogP contribution in [0.5, 0.6) is 0 Å². The minimum atomic E-state index is -0.896. The van der Waals surface area contributed by atoms with Crippen molar-refractivity contribution < 1.29 is 19.2 Å². The minimum Gasteiger partial charge on any atom is -0.339 e. The molecule has 6 atom stereocenters. The van der Waals surface area contributed by atoms with Crippen LogP contribution in [0.2, 0.25) is 0 Å². The van der Waals surface area contributed by atoms with Gasteiger partial charge in [0, 0.05) is 48.5 Å². The van der Waals surface area contributed by atoms with Crippen LogP contribution in [0.1, 0.15) is 115 Å². The van der Waals surface area contributed by atoms with E-state index in [4.69, 9.17) is 0 Å². The Kier molecular flexibility index (Phi) is 12.2. The van der Waals surface area contributed by atoms with Crippen LogP contribution in [-0.2, 0) is 23.2 Å². The summed E-state index contributed by atoms with van der Waals surface area (Å²) in [4.78, 5) is 62.5. The highest BCUT2D eigenvalue weighted by Crippen LogP contribution is 2.60. The summed E-state index contributed by atoms with van der Waals surface area (Å²) in [6.07, 6.45) is 13.4. The number of amides is 4. The van der Waals surface area contributed by atoms with Crippen molar-refractivity contribution >= 4 is 35.1 Å². The first kappa shape index (κ1) is 46.7. The number of carbonyl (C=O) groups excluding carboxylic acids is 4. The van der Waals surface area contributed by atoms with Gasteiger partial charge in [0.1, 0.15) is 23.5 Å². The van der Waals surface area contributed by atoms with Gasteiger partial charge in [0.15, 0.2) is 5.82 Å². The van der Waals surface area contributed by atoms with Gasteiger partial charge in [0.25, 0.3) is 11.8 Å². The molecular formula is C51H63N15O4. The lowest BCUT2D eigenvalue weighted by atomic mass is 9.60. The van der Waals surface area contributed by atoms with Gasteiger partial charge in [0.2, 0.25) is 11.8 Å². The predicted molar refractivity (Wildman–Crippen MR) is 261 cm³/mol. The summed E-state index contributed by atoms with van der Waals surface area (Å²) in [6, 6.07) is 8.86. The SMILES string of the molecule is Cc1n[nH]c(C)c1-c1ccc(NC(=O)[C@@H](NC(=O)c2ccnn2C)C(C2CCC2Cn2nccc2C(=O)N[C@H](C(=O)Nc2ccc(-c3c(C)n[nH]c3C)nn2)C(C2CCC2)C2(C)CC2)C2(C)CC2)cn1. The summed E-state index contributed by atoms with van der Waals surface area (Å²) >= 11 is 0. The van der Waals surface area contributed by atoms with Crippen molar-refractivity contribution in [3.8, 4) is 22.5 Å². The van der Waals surface area contributed by atoms with E-state index >= 15 is 0 Å². The second-order valence-electron chi connectivity index (χ2n) is 21.0. The molecule has 4 aliphatic rings. The number of H-pyrrole nitrogens is 2. The summed E-state index contributed by atoms with van der Waals surface area (Å²) in [7, 11) is 1.70. The smallest absolute Gasteiger partial charge is 0.270 e. The number of anilines is 2. The van der Waals surface area contributed by atoms with Crippen molar-refractivity contribution in [2.75, 3.05) is 10.6 Å². The molecular weight excluding hydrogens is 887 g/mol. The van der Waals surface area contributed by atoms with Gasteiger partial charge in [-0.05, 0) is 143 Å². The molecule has 0 radical (unpaired) electrons. The average Bonchev–Trinajstić information content (AvgIpc) is 3.94. The maximum atomic E-state index is 14.7. The van der Waals surface area contributed by atoms with Crippen molar-refractivity contribution in [3.05, 3.63) is 89.2 Å². The topological polar surface area (TPSA) is 248 Å². The number of aromatic nitrogens is 11. The number of nitrogens with one attached hydrogen (secondary N) is 6. The Labute approximate surface area is 406 Å². The van der Waals surface area contributed by atoms with Gasteiger partial charge >= 0.3 is 0 Å². The molecule has 0 aliphatic heterocycles. The van der Waals surface area contributed by atoms with Crippen LogP contribution in [0.15, 0.2) is 55.0 Å². The Morgan fingerprint density at radius 1 is 0.700 bits per heavy atom. The summed E-state index contributed by atoms with van der Waals surface area (Å²) in [5.41, 5.74) is 7.49. The fourth-order valence-corrected chi connectivity index (χ4v) is 11.5. The van der Waals surface area contributed by atoms with Crippen LogP contribution < -0.4 is 21.3 Å². The molecule has 4 unspecified atom stereocenters. The third-order valence-corrected chi connectivity index (χ3v) is 16.3. The van der Waals surface area contributed by atoms with Crippen LogP contribution in [-0.4, -0.2) is 90.8 Å². The molecule has 4 fully saturated rings. The summed E-state index contributed by atoms with van der Waals surface area (Å²) in [6.45, 7) is 12.5. The van der Waals surface area contributed by atoms with E-state index in [0.717, 1.165) is 97.4 Å². The number of carbonyl (C=O) groups is 4. The maximum absolute atomic E-state index is 14.7. The first-order valence-corrected chi connectivity index (χ1v) is 24.7. The zero-order valence-corrected chi connectivity index (χ0v) is 41.0. The number of pyridine rings is 1. The van der Waals surface area contributed by atoms with Crippen LogP contribution in [0.4, 0.5) is 11.5 Å². The highest BCUT2D eigenvalue weighted by molar-refractivity contribution is 6.01. The molecule has 6 N–H and O–H groups in total. The van der Waals surface area contributed by atoms with Crippen molar-refractivity contribution in [2.24, 2.45) is 47.5 Å². The van der Waals surface area contributed by atoms with Crippen molar-refractivity contribution in [1.82, 2.24) is 65.8 Å². The van der Waals surface area contributed by atoms with Gasteiger partial charge in [-0.1, -0.05) is 33.1 Å². The lowest BCUT2D eigenvalue weighted by Gasteiger charge is -2.47. The largest absolute Gasteiger partial charge is 0.339 e. The Morgan fingerprint density at radius 2 is 1.30 bits per heavy atom. The van der Waals surface area contributed by atoms with E-state index in [2.05, 4.69) is 80.9 Å². The molecule has 19 nitrogen and oxygen atoms in total. The number of nitrogens with zero attached hydrogens (tertiary/aromatic N) is 9. The third-order valence-electron chi connectivity index (χ3n) is 16.3. The molecule has 19 heteroatoms. The first-order chi connectivity index (χ1) is 33.6. The van der Waals surface area contributed by atoms with E-state index in [1.807, 2.05) is 45.9 Å². The Bertz CT molecular complexity index is 2880. The molecule has 10 rings (SSSR count). The van der Waals surface area contributed by atoms with Gasteiger partial charge in [-0.3, -0.25) is 43.7 Å². The predicted octanol–water partition coefficient (Wildman–Crippen LogP) is 6.65. The van der Waals surface area contributed by atoms with Crippen molar-refractivity contribution in [1.29, 1.82) is 0 Å². The number of rotatable bonds is 18. The second-order valence-corrected chi connectivity index (χ2v) is 21.0. The molecule has 70 heavy (non-hydrogen) atoms. The molecule has 4 aliphatic carbocycles. The fraction of sp³-hybridized carbons (Fsp3) is 0.510. The summed E-state index contributed by atoms with van der Waals surface area (Å²) in [5.74, 6) is -1.05. The monoisotopic (exact) mass is 950 g/mol. The highest BCUT2D eigenvalue weighted by atomic mass is 16.2. The van der Waals surface area contributed by atoms with E-state index in [-0.39, 0.29) is 52.2 Å². The van der Waals surface area contributed by atoms with Crippen LogP contribution >= 0.6 is 0 Å². The molecule has 0 spiro atoms. The standard InChI is InChI=1S/C51H63N15O4/c1-27-40(28(2)60-59-27)35-14-12-33(25-52-35)55-48(69)45(58-46(67)37-17-23-53-65(37)7)43(51(6)21-22-51)34-13-11-32(34)26-66-38(18-24-54-66)47(68)57-44(42(31-9-8-10-31)50(5)19-20-50)49(70)56-39-16-15-36(63-64-39)41-29(3)61-62-30(41)4/h12,14-18,23-25,31-32,34,42-45H,8-11,13,19-22,26H2,1-7H3,(H,55,69)(H,57,68)(H,58,67)(H,59,60)(H,61,62)(H,56,64,70)/t32?,34?,42?,43?,44-,45-/m0/s1. The maximum Gasteiger partial charge on any atom is 0.270 e. The molecule has 0 aromatic carbocycles. The molecule has 6 heterocycles. The number of hydrogen-bond acceptors (Lipinski definition) is 11. The van der Waals surface area contributed by atoms with Gasteiger partial charge in [-0.2, -0.15) is 20.4 Å². The van der Waals surface area contributed by atoms with Crippen LogP contribution in [0.3, 0.4) is 0 Å². The van der Waals surface area contributed by atoms with E-state index in [1.54, 1.807) is 48.5 Å². The Balaban J connectivity index is 0.885. The van der Waals surface area contributed by atoms with Crippen LogP contribution in [0.25, 0.3) is 22.5 Å². The minimum absolute atomic E-state index is 0.0212. The average molecular weight is 950 g/mol. The normalized spacial score (nSPS) is 20.5. The third kappa shape index (κ3) is 9.01. The molecule has 6 aromatic rings. The van der Waals surface area contributed by atoms with Gasteiger partial charge < -0.3 is 21.3 Å². The van der Waals surface area contributed by atoms with E-state index in [1.165, 1.54) is 4.68 Å². The van der Waals surface area contributed by atoms with E-state index < -0.39 is 18.0 Å².